The van der Waals surface area contributed by atoms with Gasteiger partial charge in [0.05, 0.1) is 25.4 Å². The topological polar surface area (TPSA) is 95.9 Å². The summed E-state index contributed by atoms with van der Waals surface area (Å²) in [5, 5.41) is 23.2. The highest BCUT2D eigenvalue weighted by Gasteiger charge is 2.20. The van der Waals surface area contributed by atoms with E-state index in [1.54, 1.807) is 0 Å². The van der Waals surface area contributed by atoms with Crippen LogP contribution in [0.2, 0.25) is 0 Å². The zero-order valence-corrected chi connectivity index (χ0v) is 39.9. The molecule has 352 valence electrons. The first kappa shape index (κ1) is 58.1. The number of carbonyl (C=O) groups is 2. The maximum atomic E-state index is 12.4. The fourth-order valence-electron chi connectivity index (χ4n) is 7.84. The summed E-state index contributed by atoms with van der Waals surface area (Å²) in [5.41, 5.74) is 0. The smallest absolute Gasteiger partial charge is 0.305 e. The van der Waals surface area contributed by atoms with Gasteiger partial charge in [-0.15, -0.1) is 0 Å². The first-order chi connectivity index (χ1) is 29.5. The Morgan fingerprint density at radius 3 is 1.33 bits per heavy atom. The van der Waals surface area contributed by atoms with E-state index in [1.807, 2.05) is 0 Å². The molecule has 0 spiro atoms. The van der Waals surface area contributed by atoms with Gasteiger partial charge in [0.15, 0.2) is 0 Å². The molecule has 0 aliphatic carbocycles. The van der Waals surface area contributed by atoms with E-state index < -0.39 is 12.1 Å². The Kier molecular flexibility index (Phi) is 48.1. The Morgan fingerprint density at radius 1 is 0.467 bits per heavy atom. The number of aliphatic hydroxyl groups excluding tert-OH is 2. The van der Waals surface area contributed by atoms with Crippen LogP contribution in [-0.2, 0) is 14.3 Å². The largest absolute Gasteiger partial charge is 0.466 e. The number of hydrogen-bond acceptors (Lipinski definition) is 5. The number of aliphatic hydroxyl groups is 2. The van der Waals surface area contributed by atoms with E-state index in [2.05, 4.69) is 55.6 Å². The van der Waals surface area contributed by atoms with Gasteiger partial charge in [-0.2, -0.15) is 0 Å². The van der Waals surface area contributed by atoms with Gasteiger partial charge in [-0.25, -0.2) is 0 Å². The number of amides is 1. The number of unbranched alkanes of at least 4 members (excludes halogenated alkanes) is 31. The molecule has 0 saturated carbocycles. The van der Waals surface area contributed by atoms with Crippen LogP contribution in [0.15, 0.2) is 36.5 Å². The molecule has 0 aliphatic rings. The fraction of sp³-hybridized carbons (Fsp3) is 0.852. The SMILES string of the molecule is CCCCC/C=C\C/C=C\CCCCCCCCCC(=O)OCCCCCCCC/C=C\CCCCCC(=O)NC(CO)C(O)CCCCCCCCCCCCCCC. The Balaban J connectivity index is 3.50. The minimum atomic E-state index is -0.681. The molecule has 0 rings (SSSR count). The van der Waals surface area contributed by atoms with Crippen molar-refractivity contribution < 1.29 is 24.5 Å². The van der Waals surface area contributed by atoms with Gasteiger partial charge in [-0.1, -0.05) is 211 Å². The van der Waals surface area contributed by atoms with E-state index in [0.29, 0.717) is 25.9 Å². The molecule has 0 aromatic rings. The van der Waals surface area contributed by atoms with Crippen molar-refractivity contribution in [3.05, 3.63) is 36.5 Å². The van der Waals surface area contributed by atoms with Crippen LogP contribution in [0.3, 0.4) is 0 Å². The van der Waals surface area contributed by atoms with E-state index in [1.165, 1.54) is 161 Å². The molecule has 6 nitrogen and oxygen atoms in total. The third-order valence-corrected chi connectivity index (χ3v) is 11.9. The Labute approximate surface area is 373 Å². The molecule has 0 bridgehead atoms. The zero-order chi connectivity index (χ0) is 43.7. The number of hydrogen-bond donors (Lipinski definition) is 3. The van der Waals surface area contributed by atoms with Crippen molar-refractivity contribution in [1.29, 1.82) is 0 Å². The van der Waals surface area contributed by atoms with Crippen molar-refractivity contribution in [2.24, 2.45) is 0 Å². The maximum Gasteiger partial charge on any atom is 0.305 e. The Bertz CT molecular complexity index is 977. The van der Waals surface area contributed by atoms with Crippen molar-refractivity contribution >= 4 is 11.9 Å². The molecular weight excluding hydrogens is 743 g/mol. The standard InChI is InChI=1S/C54H101NO5/c1-3-5-7-9-11-13-15-17-18-19-20-24-28-32-36-40-44-48-54(59)60-49-45-41-37-33-29-25-21-23-27-31-35-39-43-47-53(58)55-51(50-56)52(57)46-42-38-34-30-26-22-16-14-12-10-8-6-4-2/h11,13,17-18,23,27,51-52,56-57H,3-10,12,14-16,19-22,24-26,28-50H2,1-2H3,(H,55,58)/b13-11-,18-17-,27-23-. The van der Waals surface area contributed by atoms with Crippen LogP contribution in [0, 0.1) is 0 Å². The van der Waals surface area contributed by atoms with Crippen LogP contribution >= 0.6 is 0 Å². The van der Waals surface area contributed by atoms with Crippen LogP contribution in [-0.4, -0.2) is 47.4 Å². The van der Waals surface area contributed by atoms with E-state index in [0.717, 1.165) is 77.0 Å². The van der Waals surface area contributed by atoms with Crippen molar-refractivity contribution in [2.45, 2.75) is 283 Å². The molecule has 2 atom stereocenters. The number of esters is 1. The third kappa shape index (κ3) is 45.6. The molecule has 60 heavy (non-hydrogen) atoms. The molecular formula is C54H101NO5. The number of rotatable bonds is 48. The first-order valence-electron chi connectivity index (χ1n) is 26.2. The highest BCUT2D eigenvalue weighted by Crippen LogP contribution is 2.16. The normalized spacial score (nSPS) is 12.9. The number of allylic oxidation sites excluding steroid dienone is 6. The van der Waals surface area contributed by atoms with E-state index in [9.17, 15) is 19.8 Å². The summed E-state index contributed by atoms with van der Waals surface area (Å²) >= 11 is 0. The van der Waals surface area contributed by atoms with Gasteiger partial charge >= 0.3 is 5.97 Å². The summed E-state index contributed by atoms with van der Waals surface area (Å²) in [6, 6.07) is -0.562. The summed E-state index contributed by atoms with van der Waals surface area (Å²) in [6.07, 6.45) is 59.7. The monoisotopic (exact) mass is 844 g/mol. The third-order valence-electron chi connectivity index (χ3n) is 11.9. The van der Waals surface area contributed by atoms with Gasteiger partial charge in [0.1, 0.15) is 0 Å². The molecule has 0 radical (unpaired) electrons. The highest BCUT2D eigenvalue weighted by atomic mass is 16.5. The molecule has 0 aromatic carbocycles. The van der Waals surface area contributed by atoms with E-state index >= 15 is 0 Å². The number of nitrogens with one attached hydrogen (secondary N) is 1. The van der Waals surface area contributed by atoms with E-state index in [4.69, 9.17) is 4.74 Å². The summed E-state index contributed by atoms with van der Waals surface area (Å²) in [7, 11) is 0. The maximum absolute atomic E-state index is 12.4. The van der Waals surface area contributed by atoms with Crippen LogP contribution in [0.5, 0.6) is 0 Å². The summed E-state index contributed by atoms with van der Waals surface area (Å²) in [4.78, 5) is 24.5. The van der Waals surface area contributed by atoms with Gasteiger partial charge < -0.3 is 20.3 Å². The van der Waals surface area contributed by atoms with Crippen LogP contribution in [0.4, 0.5) is 0 Å². The lowest BCUT2D eigenvalue weighted by Crippen LogP contribution is -2.45. The summed E-state index contributed by atoms with van der Waals surface area (Å²) in [6.45, 7) is 4.87. The van der Waals surface area contributed by atoms with E-state index in [-0.39, 0.29) is 18.5 Å². The average Bonchev–Trinajstić information content (AvgIpc) is 3.25. The quantitative estimate of drug-likeness (QED) is 0.0322. The highest BCUT2D eigenvalue weighted by molar-refractivity contribution is 5.76. The van der Waals surface area contributed by atoms with Crippen molar-refractivity contribution in [2.75, 3.05) is 13.2 Å². The van der Waals surface area contributed by atoms with Crippen LogP contribution in [0.25, 0.3) is 0 Å². The van der Waals surface area contributed by atoms with Gasteiger partial charge in [0, 0.05) is 12.8 Å². The van der Waals surface area contributed by atoms with Gasteiger partial charge in [-0.05, 0) is 83.5 Å². The minimum absolute atomic E-state index is 0.0208. The average molecular weight is 844 g/mol. The zero-order valence-electron chi connectivity index (χ0n) is 39.9. The predicted octanol–water partition coefficient (Wildman–Crippen LogP) is 15.7. The molecule has 3 N–H and O–H groups in total. The number of carbonyl (C=O) groups excluding carboxylic acids is 2. The van der Waals surface area contributed by atoms with Crippen molar-refractivity contribution in [3.8, 4) is 0 Å². The Hall–Kier alpha value is -1.92. The second kappa shape index (κ2) is 49.7. The molecule has 0 aliphatic heterocycles. The predicted molar refractivity (Wildman–Crippen MR) is 259 cm³/mol. The molecule has 2 unspecified atom stereocenters. The van der Waals surface area contributed by atoms with Gasteiger partial charge in [0.25, 0.3) is 0 Å². The molecule has 0 heterocycles. The lowest BCUT2D eigenvalue weighted by Gasteiger charge is -2.22. The van der Waals surface area contributed by atoms with Gasteiger partial charge in [0.2, 0.25) is 5.91 Å². The van der Waals surface area contributed by atoms with Gasteiger partial charge in [-0.3, -0.25) is 9.59 Å². The minimum Gasteiger partial charge on any atom is -0.466 e. The van der Waals surface area contributed by atoms with Crippen molar-refractivity contribution in [1.82, 2.24) is 5.32 Å². The van der Waals surface area contributed by atoms with Crippen molar-refractivity contribution in [3.63, 3.8) is 0 Å². The molecule has 0 aromatic heterocycles. The first-order valence-corrected chi connectivity index (χ1v) is 26.2. The molecule has 0 saturated heterocycles. The Morgan fingerprint density at radius 2 is 0.833 bits per heavy atom. The second-order valence-corrected chi connectivity index (χ2v) is 17.8. The molecule has 1 amide bonds. The lowest BCUT2D eigenvalue weighted by molar-refractivity contribution is -0.143. The second-order valence-electron chi connectivity index (χ2n) is 17.8. The summed E-state index contributed by atoms with van der Waals surface area (Å²) in [5.74, 6) is -0.0870. The van der Waals surface area contributed by atoms with Crippen LogP contribution in [0.1, 0.15) is 271 Å². The molecule has 0 fully saturated rings. The number of ether oxygens (including phenoxy) is 1. The summed E-state index contributed by atoms with van der Waals surface area (Å²) < 4.78 is 5.46. The van der Waals surface area contributed by atoms with Crippen LogP contribution < -0.4 is 5.32 Å². The lowest BCUT2D eigenvalue weighted by atomic mass is 10.0. The molecule has 6 heteroatoms. The fourth-order valence-corrected chi connectivity index (χ4v) is 7.84.